The summed E-state index contributed by atoms with van der Waals surface area (Å²) in [7, 11) is 0. The number of fused-ring (bicyclic) bond motifs is 1. The van der Waals surface area contributed by atoms with Gasteiger partial charge in [0.1, 0.15) is 6.61 Å². The summed E-state index contributed by atoms with van der Waals surface area (Å²) in [5.74, 6) is -1.06. The number of ether oxygens (including phenoxy) is 1. The van der Waals surface area contributed by atoms with Crippen LogP contribution in [0, 0.1) is 0 Å². The van der Waals surface area contributed by atoms with Crippen LogP contribution in [0.4, 0.5) is 5.69 Å². The summed E-state index contributed by atoms with van der Waals surface area (Å²) in [5.41, 5.74) is 2.35. The molecule has 3 amide bonds. The number of anilines is 1. The maximum absolute atomic E-state index is 12.3. The number of carbonyl (C=O) groups excluding carboxylic acids is 4. The number of esters is 1. The van der Waals surface area contributed by atoms with Gasteiger partial charge in [-0.05, 0) is 36.2 Å². The lowest BCUT2D eigenvalue weighted by Gasteiger charge is -2.16. The molecular weight excluding hydrogens is 372 g/mol. The van der Waals surface area contributed by atoms with Gasteiger partial charge in [0.25, 0.3) is 11.8 Å². The molecule has 2 heterocycles. The Labute approximate surface area is 167 Å². The van der Waals surface area contributed by atoms with E-state index in [9.17, 15) is 19.2 Å². The van der Waals surface area contributed by atoms with Gasteiger partial charge in [0.05, 0.1) is 24.1 Å². The third-order valence-electron chi connectivity index (χ3n) is 5.13. The molecule has 0 aromatic heterocycles. The van der Waals surface area contributed by atoms with Gasteiger partial charge in [-0.3, -0.25) is 24.1 Å². The van der Waals surface area contributed by atoms with Crippen LogP contribution in [0.15, 0.2) is 48.5 Å². The first-order chi connectivity index (χ1) is 14.0. The van der Waals surface area contributed by atoms with Gasteiger partial charge < -0.3 is 9.64 Å². The first-order valence-electron chi connectivity index (χ1n) is 9.55. The molecule has 0 atom stereocenters. The van der Waals surface area contributed by atoms with E-state index < -0.39 is 5.97 Å². The van der Waals surface area contributed by atoms with Crippen molar-refractivity contribution in [1.29, 1.82) is 0 Å². The molecule has 1 fully saturated rings. The van der Waals surface area contributed by atoms with E-state index in [2.05, 4.69) is 0 Å². The topological polar surface area (TPSA) is 84.0 Å². The van der Waals surface area contributed by atoms with E-state index in [0.717, 1.165) is 29.1 Å². The number of benzene rings is 2. The van der Waals surface area contributed by atoms with Crippen LogP contribution in [0.1, 0.15) is 39.1 Å². The lowest BCUT2D eigenvalue weighted by molar-refractivity contribution is -0.143. The van der Waals surface area contributed by atoms with Crippen molar-refractivity contribution in [2.24, 2.45) is 0 Å². The molecule has 2 aliphatic heterocycles. The minimum atomic E-state index is -0.438. The fourth-order valence-corrected chi connectivity index (χ4v) is 3.63. The molecule has 2 aliphatic rings. The number of rotatable bonds is 6. The Morgan fingerprint density at radius 2 is 1.59 bits per heavy atom. The molecule has 0 aliphatic carbocycles. The Balaban J connectivity index is 1.27. The summed E-state index contributed by atoms with van der Waals surface area (Å²) in [6.07, 6.45) is 1.51. The van der Waals surface area contributed by atoms with Crippen LogP contribution in [-0.4, -0.2) is 48.3 Å². The van der Waals surface area contributed by atoms with Gasteiger partial charge in [-0.15, -0.1) is 0 Å². The van der Waals surface area contributed by atoms with Crippen molar-refractivity contribution in [2.45, 2.75) is 19.3 Å². The fourth-order valence-electron chi connectivity index (χ4n) is 3.63. The zero-order valence-electron chi connectivity index (χ0n) is 15.8. The highest BCUT2D eigenvalue weighted by Crippen LogP contribution is 2.23. The highest BCUT2D eigenvalue weighted by Gasteiger charge is 2.34. The normalized spacial score (nSPS) is 15.8. The fraction of sp³-hybridized carbons (Fsp3) is 0.273. The molecule has 0 spiro atoms. The first-order valence-corrected chi connectivity index (χ1v) is 9.55. The third-order valence-corrected chi connectivity index (χ3v) is 5.13. The zero-order chi connectivity index (χ0) is 20.4. The molecular formula is C22H20N2O5. The van der Waals surface area contributed by atoms with E-state index in [-0.39, 0.29) is 37.3 Å². The van der Waals surface area contributed by atoms with Crippen molar-refractivity contribution in [3.05, 3.63) is 65.2 Å². The van der Waals surface area contributed by atoms with Gasteiger partial charge in [-0.1, -0.05) is 24.3 Å². The van der Waals surface area contributed by atoms with Crippen LogP contribution < -0.4 is 4.90 Å². The second-order valence-electron chi connectivity index (χ2n) is 7.02. The molecule has 0 N–H and O–H groups in total. The van der Waals surface area contributed by atoms with Crippen molar-refractivity contribution in [3.63, 3.8) is 0 Å². The van der Waals surface area contributed by atoms with Crippen LogP contribution in [0.5, 0.6) is 0 Å². The zero-order valence-corrected chi connectivity index (χ0v) is 15.8. The van der Waals surface area contributed by atoms with Crippen LogP contribution in [0.25, 0.3) is 0 Å². The molecule has 0 radical (unpaired) electrons. The largest absolute Gasteiger partial charge is 0.464 e. The lowest BCUT2D eigenvalue weighted by Crippen LogP contribution is -2.33. The Hall–Kier alpha value is -3.48. The van der Waals surface area contributed by atoms with E-state index >= 15 is 0 Å². The van der Waals surface area contributed by atoms with Crippen molar-refractivity contribution < 1.29 is 23.9 Å². The molecule has 0 unspecified atom stereocenters. The third kappa shape index (κ3) is 3.76. The summed E-state index contributed by atoms with van der Waals surface area (Å²) >= 11 is 0. The molecule has 148 valence electrons. The van der Waals surface area contributed by atoms with Crippen molar-refractivity contribution >= 4 is 29.4 Å². The molecule has 0 saturated carbocycles. The maximum Gasteiger partial charge on any atom is 0.310 e. The Morgan fingerprint density at radius 1 is 0.931 bits per heavy atom. The summed E-state index contributed by atoms with van der Waals surface area (Å²) in [6, 6.07) is 13.9. The quantitative estimate of drug-likeness (QED) is 0.556. The molecule has 2 aromatic carbocycles. The minimum absolute atomic E-state index is 0.0219. The minimum Gasteiger partial charge on any atom is -0.464 e. The predicted octanol–water partition coefficient (Wildman–Crippen LogP) is 2.20. The van der Waals surface area contributed by atoms with Gasteiger partial charge in [0.2, 0.25) is 5.91 Å². The van der Waals surface area contributed by atoms with Gasteiger partial charge in [0.15, 0.2) is 0 Å². The first kappa shape index (κ1) is 18.9. The highest BCUT2D eigenvalue weighted by atomic mass is 16.5. The Morgan fingerprint density at radius 3 is 2.17 bits per heavy atom. The number of hydrogen-bond acceptors (Lipinski definition) is 5. The van der Waals surface area contributed by atoms with Gasteiger partial charge in [0, 0.05) is 18.7 Å². The van der Waals surface area contributed by atoms with E-state index in [1.807, 2.05) is 12.1 Å². The molecule has 29 heavy (non-hydrogen) atoms. The van der Waals surface area contributed by atoms with E-state index in [4.69, 9.17) is 4.74 Å². The molecule has 1 saturated heterocycles. The Kier molecular flexibility index (Phi) is 5.12. The van der Waals surface area contributed by atoms with Gasteiger partial charge >= 0.3 is 5.97 Å². The molecule has 7 heteroatoms. The number of imide groups is 1. The van der Waals surface area contributed by atoms with Gasteiger partial charge in [-0.2, -0.15) is 0 Å². The number of hydrogen-bond donors (Lipinski definition) is 0. The second kappa shape index (κ2) is 7.87. The van der Waals surface area contributed by atoms with Crippen LogP contribution >= 0.6 is 0 Å². The van der Waals surface area contributed by atoms with Crippen LogP contribution in [0.2, 0.25) is 0 Å². The number of carbonyl (C=O) groups is 4. The smallest absolute Gasteiger partial charge is 0.310 e. The average molecular weight is 392 g/mol. The Bertz CT molecular complexity index is 948. The van der Waals surface area contributed by atoms with Crippen molar-refractivity contribution in [1.82, 2.24) is 4.90 Å². The summed E-state index contributed by atoms with van der Waals surface area (Å²) in [4.78, 5) is 51.3. The van der Waals surface area contributed by atoms with Crippen LogP contribution in [-0.2, 0) is 20.7 Å². The van der Waals surface area contributed by atoms with E-state index in [0.29, 0.717) is 17.5 Å². The number of amides is 3. The monoisotopic (exact) mass is 392 g/mol. The molecule has 7 nitrogen and oxygen atoms in total. The molecule has 0 bridgehead atoms. The average Bonchev–Trinajstić information content (AvgIpc) is 3.26. The van der Waals surface area contributed by atoms with E-state index in [1.165, 1.54) is 0 Å². The summed E-state index contributed by atoms with van der Waals surface area (Å²) in [5, 5.41) is 0. The van der Waals surface area contributed by atoms with Crippen molar-refractivity contribution in [3.8, 4) is 0 Å². The van der Waals surface area contributed by atoms with Crippen LogP contribution in [0.3, 0.4) is 0 Å². The SMILES string of the molecule is O=C(Cc1ccc(N2CCCC2=O)cc1)OCCN1C(=O)c2ccccc2C1=O. The van der Waals surface area contributed by atoms with Gasteiger partial charge in [-0.25, -0.2) is 0 Å². The molecule has 2 aromatic rings. The summed E-state index contributed by atoms with van der Waals surface area (Å²) < 4.78 is 5.20. The molecule has 4 rings (SSSR count). The maximum atomic E-state index is 12.3. The highest BCUT2D eigenvalue weighted by molar-refractivity contribution is 6.21. The second-order valence-corrected chi connectivity index (χ2v) is 7.02. The lowest BCUT2D eigenvalue weighted by atomic mass is 10.1. The number of nitrogens with zero attached hydrogens (tertiary/aromatic N) is 2. The summed E-state index contributed by atoms with van der Waals surface area (Å²) in [6.45, 7) is 0.691. The van der Waals surface area contributed by atoms with Crippen molar-refractivity contribution in [2.75, 3.05) is 24.6 Å². The predicted molar refractivity (Wildman–Crippen MR) is 105 cm³/mol. The standard InChI is InChI=1S/C22H20N2O5/c25-19-6-3-11-23(19)16-9-7-15(8-10-16)14-20(26)29-13-12-24-21(27)17-4-1-2-5-18(17)22(24)28/h1-2,4-5,7-10H,3,6,11-14H2. The van der Waals surface area contributed by atoms with E-state index in [1.54, 1.807) is 41.3 Å².